The van der Waals surface area contributed by atoms with E-state index >= 15 is 0 Å². The highest BCUT2D eigenvalue weighted by Gasteiger charge is 2.43. The number of nitrogens with zero attached hydrogens (tertiary/aromatic N) is 2. The lowest BCUT2D eigenvalue weighted by atomic mass is 9.96. The highest BCUT2D eigenvalue weighted by molar-refractivity contribution is 6.35. The molecule has 4 rings (SSSR count). The van der Waals surface area contributed by atoms with Crippen molar-refractivity contribution in [3.05, 3.63) is 71.2 Å². The Bertz CT molecular complexity index is 1040. The molecule has 2 aliphatic heterocycles. The molecule has 1 atom stereocenters. The van der Waals surface area contributed by atoms with E-state index in [1.807, 2.05) is 4.90 Å². The van der Waals surface area contributed by atoms with Crippen LogP contribution in [-0.2, 0) is 16.1 Å². The maximum absolute atomic E-state index is 14.3. The largest absolute Gasteiger partial charge is 0.496 e. The van der Waals surface area contributed by atoms with Gasteiger partial charge in [-0.15, -0.1) is 0 Å². The minimum atomic E-state index is -0.473. The molecular formula is C24H25FN2O4. The average molecular weight is 424 g/mol. The monoisotopic (exact) mass is 424 g/mol. The van der Waals surface area contributed by atoms with Crippen molar-refractivity contribution < 1.29 is 23.8 Å². The molecule has 31 heavy (non-hydrogen) atoms. The summed E-state index contributed by atoms with van der Waals surface area (Å²) < 4.78 is 19.7. The van der Waals surface area contributed by atoms with E-state index in [-0.39, 0.29) is 30.2 Å². The van der Waals surface area contributed by atoms with Crippen LogP contribution in [0.3, 0.4) is 0 Å². The van der Waals surface area contributed by atoms with Crippen LogP contribution < -0.4 is 4.74 Å². The lowest BCUT2D eigenvalue weighted by Crippen LogP contribution is -2.40. The first-order valence-corrected chi connectivity index (χ1v) is 10.4. The predicted octanol–water partition coefficient (Wildman–Crippen LogP) is 2.82. The average Bonchev–Trinajstić information content (AvgIpc) is 3.05. The van der Waals surface area contributed by atoms with Crippen molar-refractivity contribution in [1.29, 1.82) is 0 Å². The Morgan fingerprint density at radius 1 is 1.10 bits per heavy atom. The Labute approximate surface area is 180 Å². The highest BCUT2D eigenvalue weighted by Crippen LogP contribution is 2.38. The SMILES string of the molecule is COc1ccccc1C1=C(N2CCCC(CO)C2)C(=O)N(Cc2ccccc2F)C1=O. The minimum Gasteiger partial charge on any atom is -0.496 e. The maximum Gasteiger partial charge on any atom is 0.278 e. The number of aliphatic hydroxyl groups is 1. The van der Waals surface area contributed by atoms with Gasteiger partial charge in [-0.2, -0.15) is 0 Å². The second-order valence-corrected chi connectivity index (χ2v) is 7.85. The fourth-order valence-corrected chi connectivity index (χ4v) is 4.31. The third-order valence-corrected chi connectivity index (χ3v) is 5.90. The van der Waals surface area contributed by atoms with Gasteiger partial charge in [0.05, 0.1) is 19.2 Å². The van der Waals surface area contributed by atoms with Gasteiger partial charge in [-0.25, -0.2) is 4.39 Å². The van der Waals surface area contributed by atoms with Crippen LogP contribution >= 0.6 is 0 Å². The van der Waals surface area contributed by atoms with Crippen LogP contribution in [0.1, 0.15) is 24.0 Å². The Kier molecular flexibility index (Phi) is 6.04. The van der Waals surface area contributed by atoms with E-state index in [0.717, 1.165) is 17.7 Å². The molecule has 1 fully saturated rings. The third-order valence-electron chi connectivity index (χ3n) is 5.90. The van der Waals surface area contributed by atoms with Crippen molar-refractivity contribution in [2.45, 2.75) is 19.4 Å². The number of methoxy groups -OCH3 is 1. The molecular weight excluding hydrogens is 399 g/mol. The maximum atomic E-state index is 14.3. The molecule has 2 aromatic rings. The number of hydrogen-bond acceptors (Lipinski definition) is 5. The topological polar surface area (TPSA) is 70.1 Å². The molecule has 1 saturated heterocycles. The van der Waals surface area contributed by atoms with E-state index in [9.17, 15) is 19.1 Å². The Balaban J connectivity index is 1.78. The van der Waals surface area contributed by atoms with Gasteiger partial charge in [0, 0.05) is 30.8 Å². The van der Waals surface area contributed by atoms with Crippen LogP contribution in [-0.4, -0.2) is 53.5 Å². The highest BCUT2D eigenvalue weighted by atomic mass is 19.1. The van der Waals surface area contributed by atoms with Gasteiger partial charge >= 0.3 is 0 Å². The number of imide groups is 1. The summed E-state index contributed by atoms with van der Waals surface area (Å²) in [6.45, 7) is 0.965. The summed E-state index contributed by atoms with van der Waals surface area (Å²) in [6, 6.07) is 13.2. The number of hydrogen-bond donors (Lipinski definition) is 1. The molecule has 1 N–H and O–H groups in total. The number of ether oxygens (including phenoxy) is 1. The van der Waals surface area contributed by atoms with E-state index in [4.69, 9.17) is 4.74 Å². The number of piperidine rings is 1. The molecule has 7 heteroatoms. The first kappa shape index (κ1) is 21.1. The zero-order chi connectivity index (χ0) is 22.0. The summed E-state index contributed by atoms with van der Waals surface area (Å²) in [7, 11) is 1.51. The zero-order valence-corrected chi connectivity index (χ0v) is 17.4. The Morgan fingerprint density at radius 2 is 1.84 bits per heavy atom. The number of carbonyl (C=O) groups excluding carboxylic acids is 2. The second-order valence-electron chi connectivity index (χ2n) is 7.85. The van der Waals surface area contributed by atoms with Gasteiger partial charge in [-0.05, 0) is 30.9 Å². The molecule has 0 bridgehead atoms. The molecule has 0 aromatic heterocycles. The number of benzene rings is 2. The first-order chi connectivity index (χ1) is 15.0. The van der Waals surface area contributed by atoms with E-state index in [1.165, 1.54) is 13.2 Å². The summed E-state index contributed by atoms with van der Waals surface area (Å²) in [5.74, 6) is -0.872. The van der Waals surface area contributed by atoms with Crippen LogP contribution in [0, 0.1) is 11.7 Å². The standard InChI is InChI=1S/C24H25FN2O4/c1-31-20-11-5-3-9-18(20)21-22(26-12-6-7-16(13-26)15-28)24(30)27(23(21)29)14-17-8-2-4-10-19(17)25/h2-5,8-11,16,28H,6-7,12-15H2,1H3. The molecule has 2 aliphatic rings. The number of aliphatic hydroxyl groups excluding tert-OH is 1. The van der Waals surface area contributed by atoms with Crippen molar-refractivity contribution in [2.75, 3.05) is 26.8 Å². The zero-order valence-electron chi connectivity index (χ0n) is 17.4. The van der Waals surface area contributed by atoms with E-state index < -0.39 is 17.6 Å². The number of carbonyl (C=O) groups is 2. The summed E-state index contributed by atoms with van der Waals surface area (Å²) in [6.07, 6.45) is 1.67. The summed E-state index contributed by atoms with van der Waals surface area (Å²) in [4.78, 5) is 30.0. The van der Waals surface area contributed by atoms with Crippen molar-refractivity contribution in [3.8, 4) is 5.75 Å². The first-order valence-electron chi connectivity index (χ1n) is 10.4. The van der Waals surface area contributed by atoms with Crippen molar-refractivity contribution >= 4 is 17.4 Å². The molecule has 0 radical (unpaired) electrons. The smallest absolute Gasteiger partial charge is 0.278 e. The molecule has 2 amide bonds. The molecule has 162 valence electrons. The molecule has 1 unspecified atom stereocenters. The number of rotatable bonds is 6. The van der Waals surface area contributed by atoms with E-state index in [0.29, 0.717) is 30.1 Å². The van der Waals surface area contributed by atoms with Gasteiger partial charge in [0.1, 0.15) is 17.3 Å². The number of likely N-dealkylation sites (tertiary alicyclic amines) is 1. The van der Waals surface area contributed by atoms with Crippen LogP contribution in [0.25, 0.3) is 5.57 Å². The van der Waals surface area contributed by atoms with E-state index in [2.05, 4.69) is 0 Å². The van der Waals surface area contributed by atoms with Crippen LogP contribution in [0.15, 0.2) is 54.2 Å². The van der Waals surface area contributed by atoms with Crippen molar-refractivity contribution in [1.82, 2.24) is 9.80 Å². The van der Waals surface area contributed by atoms with Gasteiger partial charge in [-0.3, -0.25) is 14.5 Å². The minimum absolute atomic E-state index is 0.0227. The van der Waals surface area contributed by atoms with Crippen LogP contribution in [0.2, 0.25) is 0 Å². The fraction of sp³-hybridized carbons (Fsp3) is 0.333. The predicted molar refractivity (Wildman–Crippen MR) is 113 cm³/mol. The van der Waals surface area contributed by atoms with Gasteiger partial charge in [-0.1, -0.05) is 36.4 Å². The van der Waals surface area contributed by atoms with Crippen molar-refractivity contribution in [2.24, 2.45) is 5.92 Å². The molecule has 0 aliphatic carbocycles. The quantitative estimate of drug-likeness (QED) is 0.723. The number of para-hydroxylation sites is 1. The second kappa shape index (κ2) is 8.89. The molecule has 2 aromatic carbocycles. The van der Waals surface area contributed by atoms with Crippen LogP contribution in [0.5, 0.6) is 5.75 Å². The van der Waals surface area contributed by atoms with Gasteiger partial charge in [0.15, 0.2) is 0 Å². The lowest BCUT2D eigenvalue weighted by molar-refractivity contribution is -0.138. The summed E-state index contributed by atoms with van der Waals surface area (Å²) in [5, 5.41) is 9.65. The van der Waals surface area contributed by atoms with Gasteiger partial charge in [0.2, 0.25) is 0 Å². The number of halogens is 1. The lowest BCUT2D eigenvalue weighted by Gasteiger charge is -2.34. The van der Waals surface area contributed by atoms with Gasteiger partial charge < -0.3 is 14.7 Å². The fourth-order valence-electron chi connectivity index (χ4n) is 4.31. The summed E-state index contributed by atoms with van der Waals surface area (Å²) in [5.41, 5.74) is 1.36. The van der Waals surface area contributed by atoms with Crippen LogP contribution in [0.4, 0.5) is 4.39 Å². The normalized spacial score (nSPS) is 19.4. The molecule has 0 saturated carbocycles. The molecule has 0 spiro atoms. The third kappa shape index (κ3) is 3.93. The molecule has 2 heterocycles. The number of amides is 2. The Morgan fingerprint density at radius 3 is 2.58 bits per heavy atom. The molecule has 6 nitrogen and oxygen atoms in total. The van der Waals surface area contributed by atoms with Crippen molar-refractivity contribution in [3.63, 3.8) is 0 Å². The van der Waals surface area contributed by atoms with E-state index in [1.54, 1.807) is 42.5 Å². The van der Waals surface area contributed by atoms with Gasteiger partial charge in [0.25, 0.3) is 11.8 Å². The summed E-state index contributed by atoms with van der Waals surface area (Å²) >= 11 is 0. The Hall–Kier alpha value is -3.19.